The minimum Gasteiger partial charge on any atom is -0.391 e. The molecular weight excluding hydrogens is 267 g/mol. The molecule has 1 amide bonds. The summed E-state index contributed by atoms with van der Waals surface area (Å²) in [6, 6.07) is 0. The Kier molecular flexibility index (Phi) is 7.00. The Morgan fingerprint density at radius 2 is 2.00 bits per heavy atom. The lowest BCUT2D eigenvalue weighted by Crippen LogP contribution is -2.37. The number of aliphatic hydroxyl groups is 1. The van der Waals surface area contributed by atoms with Crippen molar-refractivity contribution < 1.29 is 19.4 Å². The summed E-state index contributed by atoms with van der Waals surface area (Å²) in [5.41, 5.74) is 5.11. The molecule has 1 aliphatic carbocycles. The normalized spacial score (nSPS) is 21.6. The average Bonchev–Trinajstić information content (AvgIpc) is 2.36. The molecule has 1 saturated carbocycles. The van der Waals surface area contributed by atoms with Crippen LogP contribution in [0.25, 0.3) is 0 Å². The Morgan fingerprint density at radius 1 is 1.37 bits per heavy atom. The molecule has 0 bridgehead atoms. The Hall–Kier alpha value is -0.420. The Labute approximate surface area is 114 Å². The molecular formula is C12H25N2O4P. The lowest BCUT2D eigenvalue weighted by atomic mass is 9.91. The van der Waals surface area contributed by atoms with E-state index in [9.17, 15) is 19.4 Å². The Morgan fingerprint density at radius 3 is 2.58 bits per heavy atom. The number of aliphatic hydroxyl groups excluding tert-OH is 1. The van der Waals surface area contributed by atoms with Crippen LogP contribution in [-0.2, 0) is 9.36 Å². The van der Waals surface area contributed by atoms with Gasteiger partial charge in [0.15, 0.2) is 0 Å². The second-order valence-electron chi connectivity index (χ2n) is 5.38. The molecule has 6 nitrogen and oxygen atoms in total. The van der Waals surface area contributed by atoms with Crippen molar-refractivity contribution in [2.75, 3.05) is 25.4 Å². The lowest BCUT2D eigenvalue weighted by molar-refractivity contribution is -0.120. The zero-order valence-corrected chi connectivity index (χ0v) is 12.1. The molecule has 2 atom stereocenters. The van der Waals surface area contributed by atoms with Gasteiger partial charge in [0.1, 0.15) is 0 Å². The molecule has 0 aromatic rings. The topological polar surface area (TPSA) is 113 Å². The van der Waals surface area contributed by atoms with Crippen molar-refractivity contribution >= 4 is 13.3 Å². The highest BCUT2D eigenvalue weighted by Crippen LogP contribution is 2.45. The number of carbonyl (C=O) groups is 1. The van der Waals surface area contributed by atoms with Crippen LogP contribution >= 0.6 is 7.37 Å². The van der Waals surface area contributed by atoms with Crippen molar-refractivity contribution in [2.24, 2.45) is 11.7 Å². The van der Waals surface area contributed by atoms with E-state index in [1.54, 1.807) is 0 Å². The number of nitrogens with one attached hydrogen (secondary N) is 1. The van der Waals surface area contributed by atoms with E-state index < -0.39 is 13.5 Å². The quantitative estimate of drug-likeness (QED) is 0.503. The van der Waals surface area contributed by atoms with E-state index in [0.29, 0.717) is 5.92 Å². The predicted molar refractivity (Wildman–Crippen MR) is 74.2 cm³/mol. The maximum absolute atomic E-state index is 12.1. The Bertz CT molecular complexity index is 332. The third kappa shape index (κ3) is 7.06. The van der Waals surface area contributed by atoms with Gasteiger partial charge >= 0.3 is 0 Å². The first kappa shape index (κ1) is 16.6. The largest absolute Gasteiger partial charge is 0.391 e. The van der Waals surface area contributed by atoms with E-state index >= 15 is 0 Å². The molecule has 1 rings (SSSR count). The monoisotopic (exact) mass is 292 g/mol. The van der Waals surface area contributed by atoms with Gasteiger partial charge in [0.05, 0.1) is 18.8 Å². The van der Waals surface area contributed by atoms with Gasteiger partial charge < -0.3 is 21.1 Å². The number of nitrogens with two attached hydrogens (primary N) is 1. The van der Waals surface area contributed by atoms with Crippen molar-refractivity contribution in [1.82, 2.24) is 5.32 Å². The van der Waals surface area contributed by atoms with Crippen LogP contribution in [-0.4, -0.2) is 47.4 Å². The number of carbonyl (C=O) groups excluding carboxylic acids is 1. The van der Waals surface area contributed by atoms with Crippen molar-refractivity contribution in [3.05, 3.63) is 0 Å². The second kappa shape index (κ2) is 8.00. The molecule has 7 heteroatoms. The molecule has 0 aromatic carbocycles. The fraction of sp³-hybridized carbons (Fsp3) is 0.917. The van der Waals surface area contributed by atoms with E-state index in [1.165, 1.54) is 6.42 Å². The van der Waals surface area contributed by atoms with Crippen molar-refractivity contribution in [3.63, 3.8) is 0 Å². The molecule has 1 fully saturated rings. The highest BCUT2D eigenvalue weighted by molar-refractivity contribution is 7.58. The molecule has 0 saturated heterocycles. The first-order valence-electron chi connectivity index (χ1n) is 6.88. The summed E-state index contributed by atoms with van der Waals surface area (Å²) in [7, 11) is -3.32. The maximum Gasteiger partial charge on any atom is 0.233 e. The molecule has 5 N–H and O–H groups in total. The third-order valence-electron chi connectivity index (χ3n) is 3.48. The van der Waals surface area contributed by atoms with Crippen LogP contribution in [0.1, 0.15) is 32.1 Å². The smallest absolute Gasteiger partial charge is 0.233 e. The number of rotatable bonds is 7. The summed E-state index contributed by atoms with van der Waals surface area (Å²) in [5, 5.41) is 12.1. The SMILES string of the molecule is NCC(=O)NC[C@@H](O)CP(=O)(O)CC1CCCCC1. The molecule has 0 aliphatic heterocycles. The van der Waals surface area contributed by atoms with E-state index in [0.717, 1.165) is 25.7 Å². The second-order valence-corrected chi connectivity index (χ2v) is 7.80. The summed E-state index contributed by atoms with van der Waals surface area (Å²) in [5.74, 6) is -0.0745. The number of hydrogen-bond donors (Lipinski definition) is 4. The van der Waals surface area contributed by atoms with Gasteiger partial charge in [-0.1, -0.05) is 19.3 Å². The van der Waals surface area contributed by atoms with Crippen LogP contribution in [0.3, 0.4) is 0 Å². The molecule has 0 spiro atoms. The summed E-state index contributed by atoms with van der Waals surface area (Å²) < 4.78 is 12.1. The van der Waals surface area contributed by atoms with Gasteiger partial charge in [-0.25, -0.2) is 0 Å². The summed E-state index contributed by atoms with van der Waals surface area (Å²) in [4.78, 5) is 20.8. The number of hydrogen-bond acceptors (Lipinski definition) is 4. The highest BCUT2D eigenvalue weighted by atomic mass is 31.2. The molecule has 0 aromatic heterocycles. The lowest BCUT2D eigenvalue weighted by Gasteiger charge is -2.25. The first-order valence-corrected chi connectivity index (χ1v) is 8.91. The van der Waals surface area contributed by atoms with Gasteiger partial charge in [0, 0.05) is 12.7 Å². The van der Waals surface area contributed by atoms with E-state index in [-0.39, 0.29) is 31.3 Å². The molecule has 19 heavy (non-hydrogen) atoms. The van der Waals surface area contributed by atoms with Crippen molar-refractivity contribution in [1.29, 1.82) is 0 Å². The van der Waals surface area contributed by atoms with Crippen LogP contribution in [0.15, 0.2) is 0 Å². The van der Waals surface area contributed by atoms with Gasteiger partial charge in [-0.05, 0) is 18.8 Å². The standard InChI is InChI=1S/C12H25N2O4P/c13-6-12(16)14-7-11(15)9-19(17,18)8-10-4-2-1-3-5-10/h10-11,15H,1-9,13H2,(H,14,16)(H,17,18)/t11-/m1/s1. The van der Waals surface area contributed by atoms with Gasteiger partial charge in [-0.2, -0.15) is 0 Å². The van der Waals surface area contributed by atoms with Crippen molar-refractivity contribution in [2.45, 2.75) is 38.2 Å². The molecule has 1 aliphatic rings. The van der Waals surface area contributed by atoms with E-state index in [2.05, 4.69) is 5.32 Å². The summed E-state index contributed by atoms with van der Waals surface area (Å²) >= 11 is 0. The molecule has 0 radical (unpaired) electrons. The maximum atomic E-state index is 12.1. The molecule has 1 unspecified atom stereocenters. The minimum atomic E-state index is -3.32. The van der Waals surface area contributed by atoms with E-state index in [4.69, 9.17) is 5.73 Å². The molecule has 0 heterocycles. The fourth-order valence-corrected chi connectivity index (χ4v) is 4.65. The zero-order chi connectivity index (χ0) is 14.3. The zero-order valence-electron chi connectivity index (χ0n) is 11.3. The van der Waals surface area contributed by atoms with Gasteiger partial charge in [-0.3, -0.25) is 9.36 Å². The van der Waals surface area contributed by atoms with Gasteiger partial charge in [-0.15, -0.1) is 0 Å². The van der Waals surface area contributed by atoms with Gasteiger partial charge in [0.25, 0.3) is 0 Å². The minimum absolute atomic E-state index is 0.0226. The van der Waals surface area contributed by atoms with E-state index in [1.807, 2.05) is 0 Å². The molecule has 112 valence electrons. The van der Waals surface area contributed by atoms with Crippen LogP contribution in [0.4, 0.5) is 0 Å². The predicted octanol–water partition coefficient (Wildman–Crippen LogP) is 0.273. The average molecular weight is 292 g/mol. The fourth-order valence-electron chi connectivity index (χ4n) is 2.55. The number of amides is 1. The van der Waals surface area contributed by atoms with Crippen molar-refractivity contribution in [3.8, 4) is 0 Å². The first-order chi connectivity index (χ1) is 8.93. The third-order valence-corrected chi connectivity index (χ3v) is 5.56. The van der Waals surface area contributed by atoms with Crippen LogP contribution in [0, 0.1) is 5.92 Å². The van der Waals surface area contributed by atoms with Crippen LogP contribution in [0.2, 0.25) is 0 Å². The Balaban J connectivity index is 2.31. The highest BCUT2D eigenvalue weighted by Gasteiger charge is 2.28. The van der Waals surface area contributed by atoms with Crippen LogP contribution < -0.4 is 11.1 Å². The summed E-state index contributed by atoms with van der Waals surface area (Å²) in [6.07, 6.45) is 4.60. The van der Waals surface area contributed by atoms with Gasteiger partial charge in [0.2, 0.25) is 13.3 Å². The van der Waals surface area contributed by atoms with Crippen LogP contribution in [0.5, 0.6) is 0 Å². The summed E-state index contributed by atoms with van der Waals surface area (Å²) in [6.45, 7) is -0.170.